The average molecular weight is 203 g/mol. The van der Waals surface area contributed by atoms with Crippen molar-refractivity contribution in [1.82, 2.24) is 4.98 Å². The van der Waals surface area contributed by atoms with E-state index in [1.54, 1.807) is 6.20 Å². The minimum absolute atomic E-state index is 0.426. The normalized spacial score (nSPS) is 25.3. The van der Waals surface area contributed by atoms with E-state index in [-0.39, 0.29) is 0 Å². The molecule has 78 valence electrons. The zero-order valence-electron chi connectivity index (χ0n) is 8.64. The molecule has 1 atom stereocenters. The highest BCUT2D eigenvalue weighted by atomic mass is 16.3. The molecule has 2 rings (SSSR count). The Morgan fingerprint density at radius 3 is 3.07 bits per heavy atom. The zero-order chi connectivity index (χ0) is 10.9. The number of hydrogen-bond donors (Lipinski definition) is 1. The van der Waals surface area contributed by atoms with E-state index in [1.165, 1.54) is 0 Å². The van der Waals surface area contributed by atoms with Crippen molar-refractivity contribution < 1.29 is 5.11 Å². The van der Waals surface area contributed by atoms with E-state index < -0.39 is 5.60 Å². The zero-order valence-corrected chi connectivity index (χ0v) is 8.64. The first-order chi connectivity index (χ1) is 7.12. The van der Waals surface area contributed by atoms with Gasteiger partial charge in [-0.2, -0.15) is 5.26 Å². The third kappa shape index (κ3) is 1.92. The topological polar surface area (TPSA) is 60.1 Å². The lowest BCUT2D eigenvalue weighted by Gasteiger charge is -2.21. The number of rotatable bonds is 1. The van der Waals surface area contributed by atoms with Gasteiger partial charge in [-0.05, 0) is 25.5 Å². The molecule has 15 heavy (non-hydrogen) atoms. The van der Waals surface area contributed by atoms with E-state index in [0.29, 0.717) is 12.2 Å². The molecule has 0 aromatic carbocycles. The van der Waals surface area contributed by atoms with Crippen LogP contribution in [0, 0.1) is 11.3 Å². The third-order valence-electron chi connectivity index (χ3n) is 2.68. The van der Waals surface area contributed by atoms with Crippen LogP contribution >= 0.6 is 0 Å². The lowest BCUT2D eigenvalue weighted by atomic mass is 10.1. The van der Waals surface area contributed by atoms with Crippen LogP contribution in [-0.4, -0.2) is 28.8 Å². The molecule has 1 aliphatic heterocycles. The Hall–Kier alpha value is -1.60. The average Bonchev–Trinajstić information content (AvgIpc) is 2.59. The third-order valence-corrected chi connectivity index (χ3v) is 2.68. The van der Waals surface area contributed by atoms with Gasteiger partial charge in [0.05, 0.1) is 11.3 Å². The van der Waals surface area contributed by atoms with Gasteiger partial charge in [0, 0.05) is 19.3 Å². The van der Waals surface area contributed by atoms with Crippen molar-refractivity contribution in [3.05, 3.63) is 24.0 Å². The molecule has 1 aromatic rings. The molecule has 0 bridgehead atoms. The Morgan fingerprint density at radius 2 is 2.47 bits per heavy atom. The summed E-state index contributed by atoms with van der Waals surface area (Å²) in [5.41, 5.74) is 0.593. The summed E-state index contributed by atoms with van der Waals surface area (Å²) in [4.78, 5) is 6.01. The molecule has 0 spiro atoms. The summed E-state index contributed by atoms with van der Waals surface area (Å²) in [7, 11) is 0. The number of pyridine rings is 1. The Bertz CT molecular complexity index is 409. The Balaban J connectivity index is 2.28. The molecule has 1 aliphatic rings. The van der Waals surface area contributed by atoms with Gasteiger partial charge in [-0.25, -0.2) is 4.98 Å². The first-order valence-electron chi connectivity index (χ1n) is 4.95. The van der Waals surface area contributed by atoms with Gasteiger partial charge >= 0.3 is 0 Å². The number of hydrogen-bond acceptors (Lipinski definition) is 4. The van der Waals surface area contributed by atoms with Crippen LogP contribution in [0.15, 0.2) is 18.3 Å². The lowest BCUT2D eigenvalue weighted by molar-refractivity contribution is 0.0839. The van der Waals surface area contributed by atoms with Crippen LogP contribution < -0.4 is 4.90 Å². The molecule has 4 heteroatoms. The molecular weight excluding hydrogens is 190 g/mol. The Kier molecular flexibility index (Phi) is 2.33. The van der Waals surface area contributed by atoms with E-state index >= 15 is 0 Å². The molecule has 1 aromatic heterocycles. The molecule has 0 amide bonds. The van der Waals surface area contributed by atoms with Crippen LogP contribution in [0.1, 0.15) is 19.0 Å². The molecule has 1 saturated heterocycles. The van der Waals surface area contributed by atoms with Gasteiger partial charge in [-0.1, -0.05) is 0 Å². The summed E-state index contributed by atoms with van der Waals surface area (Å²) in [5.74, 6) is 0. The first-order valence-corrected chi connectivity index (χ1v) is 4.95. The fourth-order valence-corrected chi connectivity index (χ4v) is 1.89. The highest BCUT2D eigenvalue weighted by molar-refractivity contribution is 5.56. The second-order valence-electron chi connectivity index (χ2n) is 4.15. The standard InChI is InChI=1S/C11H13N3O/c1-11(15)4-6-14(8-11)10-3-2-5-13-9(10)7-12/h2-3,5,15H,4,6,8H2,1H3. The molecule has 4 nitrogen and oxygen atoms in total. The minimum atomic E-state index is -0.650. The number of nitriles is 1. The van der Waals surface area contributed by atoms with Gasteiger partial charge in [0.1, 0.15) is 6.07 Å². The Labute approximate surface area is 88.8 Å². The van der Waals surface area contributed by atoms with Gasteiger partial charge in [0.25, 0.3) is 0 Å². The fraction of sp³-hybridized carbons (Fsp3) is 0.455. The van der Waals surface area contributed by atoms with E-state index in [1.807, 2.05) is 24.0 Å². The predicted octanol–water partition coefficient (Wildman–Crippen LogP) is 0.914. The van der Waals surface area contributed by atoms with E-state index in [0.717, 1.165) is 18.7 Å². The minimum Gasteiger partial charge on any atom is -0.388 e. The van der Waals surface area contributed by atoms with Crippen molar-refractivity contribution >= 4 is 5.69 Å². The van der Waals surface area contributed by atoms with E-state index in [4.69, 9.17) is 5.26 Å². The summed E-state index contributed by atoms with van der Waals surface area (Å²) in [6.45, 7) is 3.15. The summed E-state index contributed by atoms with van der Waals surface area (Å²) < 4.78 is 0. The molecule has 0 saturated carbocycles. The maximum Gasteiger partial charge on any atom is 0.163 e. The summed E-state index contributed by atoms with van der Waals surface area (Å²) >= 11 is 0. The van der Waals surface area contributed by atoms with Crippen molar-refractivity contribution in [2.45, 2.75) is 18.9 Å². The van der Waals surface area contributed by atoms with Crippen molar-refractivity contribution in [2.75, 3.05) is 18.0 Å². The SMILES string of the molecule is CC1(O)CCN(c2cccnc2C#N)C1. The molecule has 1 unspecified atom stereocenters. The maximum atomic E-state index is 9.84. The van der Waals surface area contributed by atoms with Crippen molar-refractivity contribution in [3.63, 3.8) is 0 Å². The number of nitrogens with zero attached hydrogens (tertiary/aromatic N) is 3. The smallest absolute Gasteiger partial charge is 0.163 e. The number of aromatic nitrogens is 1. The molecule has 1 fully saturated rings. The molecule has 1 N–H and O–H groups in total. The highest BCUT2D eigenvalue weighted by Crippen LogP contribution is 2.27. The second kappa shape index (κ2) is 3.52. The number of aliphatic hydroxyl groups is 1. The lowest BCUT2D eigenvalue weighted by Crippen LogP contribution is -2.30. The first kappa shape index (κ1) is 9.94. The quantitative estimate of drug-likeness (QED) is 0.737. The predicted molar refractivity (Wildman–Crippen MR) is 56.4 cm³/mol. The van der Waals surface area contributed by atoms with Gasteiger partial charge in [-0.15, -0.1) is 0 Å². The van der Waals surface area contributed by atoms with Crippen LogP contribution in [0.4, 0.5) is 5.69 Å². The number of β-amino-alcohol motifs (C(OH)–C–C–N with tert-alkyl or cyclic N) is 1. The van der Waals surface area contributed by atoms with Gasteiger partial charge in [0.15, 0.2) is 5.69 Å². The van der Waals surface area contributed by atoms with Gasteiger partial charge < -0.3 is 10.0 Å². The molecule has 2 heterocycles. The maximum absolute atomic E-state index is 9.84. The van der Waals surface area contributed by atoms with Crippen molar-refractivity contribution in [1.29, 1.82) is 5.26 Å². The van der Waals surface area contributed by atoms with Crippen LogP contribution in [0.25, 0.3) is 0 Å². The van der Waals surface area contributed by atoms with Crippen LogP contribution in [0.3, 0.4) is 0 Å². The number of anilines is 1. The summed E-state index contributed by atoms with van der Waals surface area (Å²) in [6, 6.07) is 5.74. The van der Waals surface area contributed by atoms with Crippen LogP contribution in [-0.2, 0) is 0 Å². The van der Waals surface area contributed by atoms with E-state index in [2.05, 4.69) is 11.1 Å². The molecular formula is C11H13N3O. The van der Waals surface area contributed by atoms with Crippen molar-refractivity contribution in [2.24, 2.45) is 0 Å². The largest absolute Gasteiger partial charge is 0.388 e. The summed E-state index contributed by atoms with van der Waals surface area (Å²) in [6.07, 6.45) is 2.34. The van der Waals surface area contributed by atoms with Crippen molar-refractivity contribution in [3.8, 4) is 6.07 Å². The van der Waals surface area contributed by atoms with Crippen LogP contribution in [0.2, 0.25) is 0 Å². The molecule has 0 aliphatic carbocycles. The van der Waals surface area contributed by atoms with Gasteiger partial charge in [-0.3, -0.25) is 0 Å². The summed E-state index contributed by atoms with van der Waals surface area (Å²) in [5, 5.41) is 18.8. The highest BCUT2D eigenvalue weighted by Gasteiger charge is 2.32. The monoisotopic (exact) mass is 203 g/mol. The molecule has 0 radical (unpaired) electrons. The Morgan fingerprint density at radius 1 is 1.67 bits per heavy atom. The van der Waals surface area contributed by atoms with E-state index in [9.17, 15) is 5.11 Å². The van der Waals surface area contributed by atoms with Gasteiger partial charge in [0.2, 0.25) is 0 Å². The fourth-order valence-electron chi connectivity index (χ4n) is 1.89. The van der Waals surface area contributed by atoms with Crippen LogP contribution in [0.5, 0.6) is 0 Å². The second-order valence-corrected chi connectivity index (χ2v) is 4.15.